The molecule has 49 heavy (non-hydrogen) atoms. The number of amides is 3. The lowest BCUT2D eigenvalue weighted by Gasteiger charge is -2.33. The number of likely N-dealkylation sites (tertiary alicyclic amines) is 1. The van der Waals surface area contributed by atoms with Crippen molar-refractivity contribution in [3.8, 4) is 5.75 Å². The Kier molecular flexibility index (Phi) is 11.4. The maximum absolute atomic E-state index is 13.7. The van der Waals surface area contributed by atoms with Crippen LogP contribution in [0.3, 0.4) is 0 Å². The monoisotopic (exact) mass is 713 g/mol. The molecule has 0 saturated carbocycles. The van der Waals surface area contributed by atoms with Gasteiger partial charge in [-0.3, -0.25) is 9.59 Å². The van der Waals surface area contributed by atoms with Crippen LogP contribution in [0, 0.1) is 0 Å². The Morgan fingerprint density at radius 3 is 2.02 bits per heavy atom. The second kappa shape index (κ2) is 15.0. The third-order valence-corrected chi connectivity index (χ3v) is 7.57. The molecule has 3 aromatic carbocycles. The highest BCUT2D eigenvalue weighted by Crippen LogP contribution is 2.37. The number of hydrogen-bond acceptors (Lipinski definition) is 5. The molecule has 0 radical (unpaired) electrons. The zero-order valence-corrected chi connectivity index (χ0v) is 27.4. The van der Waals surface area contributed by atoms with Gasteiger partial charge in [-0.15, -0.1) is 0 Å². The van der Waals surface area contributed by atoms with Gasteiger partial charge in [0.1, 0.15) is 23.5 Å². The first-order valence-corrected chi connectivity index (χ1v) is 15.6. The highest BCUT2D eigenvalue weighted by atomic mass is 35.5. The topological polar surface area (TPSA) is 97.0 Å². The van der Waals surface area contributed by atoms with E-state index in [9.17, 15) is 40.7 Å². The Hall–Kier alpha value is -4.46. The average molecular weight is 714 g/mol. The Morgan fingerprint density at radius 1 is 0.878 bits per heavy atom. The smallest absolute Gasteiger partial charge is 0.416 e. The number of nitrogens with one attached hydrogen (secondary N) is 2. The van der Waals surface area contributed by atoms with Crippen LogP contribution in [0.15, 0.2) is 66.7 Å². The van der Waals surface area contributed by atoms with Gasteiger partial charge in [-0.25, -0.2) is 4.79 Å². The molecule has 8 nitrogen and oxygen atoms in total. The van der Waals surface area contributed by atoms with E-state index in [0.29, 0.717) is 43.6 Å². The van der Waals surface area contributed by atoms with Gasteiger partial charge in [-0.2, -0.15) is 26.3 Å². The molecule has 264 valence electrons. The molecular weight excluding hydrogens is 680 g/mol. The summed E-state index contributed by atoms with van der Waals surface area (Å²) in [6, 6.07) is 11.8. The summed E-state index contributed by atoms with van der Waals surface area (Å²) in [7, 11) is 0. The summed E-state index contributed by atoms with van der Waals surface area (Å²) in [5.74, 6) is -1.78. The highest BCUT2D eigenvalue weighted by Gasteiger charge is 2.37. The second-order valence-electron chi connectivity index (χ2n) is 12.4. The van der Waals surface area contributed by atoms with Gasteiger partial charge < -0.3 is 25.0 Å². The van der Waals surface area contributed by atoms with E-state index >= 15 is 0 Å². The quantitative estimate of drug-likeness (QED) is 0.230. The molecule has 4 rings (SSSR count). The Labute approximate surface area is 283 Å². The van der Waals surface area contributed by atoms with Gasteiger partial charge in [0.15, 0.2) is 0 Å². The molecule has 3 aromatic rings. The molecule has 0 aromatic heterocycles. The minimum absolute atomic E-state index is 0.0546. The first kappa shape index (κ1) is 37.4. The van der Waals surface area contributed by atoms with Gasteiger partial charge in [0, 0.05) is 43.1 Å². The van der Waals surface area contributed by atoms with Crippen LogP contribution >= 0.6 is 11.6 Å². The number of alkyl halides is 6. The van der Waals surface area contributed by atoms with Crippen LogP contribution < -0.4 is 15.4 Å². The van der Waals surface area contributed by atoms with Crippen molar-refractivity contribution in [2.45, 2.75) is 70.1 Å². The molecule has 2 N–H and O–H groups in total. The molecule has 0 bridgehead atoms. The van der Waals surface area contributed by atoms with Gasteiger partial charge in [0.25, 0.3) is 5.91 Å². The summed E-state index contributed by atoms with van der Waals surface area (Å²) in [5, 5.41) is 4.80. The molecule has 0 unspecified atom stereocenters. The van der Waals surface area contributed by atoms with Crippen LogP contribution in [0.4, 0.5) is 36.8 Å². The Morgan fingerprint density at radius 2 is 1.47 bits per heavy atom. The number of carbonyl (C=O) groups is 3. The van der Waals surface area contributed by atoms with Crippen LogP contribution in [0.2, 0.25) is 5.02 Å². The van der Waals surface area contributed by atoms with Gasteiger partial charge in [-0.05, 0) is 62.7 Å². The van der Waals surface area contributed by atoms with E-state index in [-0.39, 0.29) is 28.8 Å². The molecule has 3 amide bonds. The number of anilines is 1. The van der Waals surface area contributed by atoms with Crippen molar-refractivity contribution >= 4 is 35.2 Å². The number of rotatable bonds is 8. The minimum Gasteiger partial charge on any atom is -0.489 e. The summed E-state index contributed by atoms with van der Waals surface area (Å²) in [6.45, 7) is 5.95. The molecule has 1 aliphatic rings. The van der Waals surface area contributed by atoms with Crippen LogP contribution in [0.5, 0.6) is 5.75 Å². The molecule has 1 aliphatic heterocycles. The summed E-state index contributed by atoms with van der Waals surface area (Å²) in [5.41, 5.74) is -4.17. The van der Waals surface area contributed by atoms with E-state index < -0.39 is 64.8 Å². The van der Waals surface area contributed by atoms with E-state index in [2.05, 4.69) is 10.6 Å². The predicted molar refractivity (Wildman–Crippen MR) is 169 cm³/mol. The number of nitrogens with zero attached hydrogens (tertiary/aromatic N) is 1. The lowest BCUT2D eigenvalue weighted by molar-refractivity contribution is -0.143. The van der Waals surface area contributed by atoms with E-state index in [1.165, 1.54) is 18.2 Å². The summed E-state index contributed by atoms with van der Waals surface area (Å²) in [4.78, 5) is 41.1. The first-order chi connectivity index (χ1) is 22.8. The molecule has 15 heteroatoms. The fourth-order valence-electron chi connectivity index (χ4n) is 5.00. The zero-order chi connectivity index (χ0) is 36.1. The molecule has 1 heterocycles. The van der Waals surface area contributed by atoms with E-state index in [4.69, 9.17) is 21.1 Å². The SMILES string of the molecule is CC(C)(C)OC(=O)N1CCC(Oc2ccc(Cl)cc2C(=O)N[C@@H](Cc2ccccc2)C(=O)Nc2cc(C(F)(F)F)cc(C(F)(F)F)c2)CC1. The van der Waals surface area contributed by atoms with Crippen LogP contribution in [0.25, 0.3) is 0 Å². The number of halogens is 7. The number of piperidine rings is 1. The molecule has 0 spiro atoms. The number of ether oxygens (including phenoxy) is 2. The first-order valence-electron chi connectivity index (χ1n) is 15.2. The van der Waals surface area contributed by atoms with E-state index in [0.717, 1.165) is 0 Å². The highest BCUT2D eigenvalue weighted by molar-refractivity contribution is 6.31. The van der Waals surface area contributed by atoms with Gasteiger partial charge in [0.05, 0.1) is 16.7 Å². The van der Waals surface area contributed by atoms with Crippen molar-refractivity contribution in [3.63, 3.8) is 0 Å². The maximum Gasteiger partial charge on any atom is 0.416 e. The molecule has 1 atom stereocenters. The Balaban J connectivity index is 1.55. The summed E-state index contributed by atoms with van der Waals surface area (Å²) < 4.78 is 92.2. The average Bonchev–Trinajstić information content (AvgIpc) is 3.00. The van der Waals surface area contributed by atoms with E-state index in [1.54, 1.807) is 56.0 Å². The van der Waals surface area contributed by atoms with Crippen molar-refractivity contribution in [2.24, 2.45) is 0 Å². The predicted octanol–water partition coefficient (Wildman–Crippen LogP) is 8.14. The van der Waals surface area contributed by atoms with Crippen LogP contribution in [-0.2, 0) is 28.3 Å². The standard InChI is InChI=1S/C34H34ClF6N3O5/c1-32(2,3)49-31(47)44-13-11-25(12-14-44)48-28-10-9-23(35)19-26(28)29(45)43-27(15-20-7-5-4-6-8-20)30(46)42-24-17-21(33(36,37)38)16-22(18-24)34(39,40)41/h4-10,16-19,25,27H,11-15H2,1-3H3,(H,42,46)(H,43,45)/t27-/m0/s1. The van der Waals surface area contributed by atoms with Crippen molar-refractivity contribution < 1.29 is 50.2 Å². The van der Waals surface area contributed by atoms with Crippen molar-refractivity contribution in [1.82, 2.24) is 10.2 Å². The van der Waals surface area contributed by atoms with Gasteiger partial charge >= 0.3 is 18.4 Å². The fraction of sp³-hybridized carbons (Fsp3) is 0.382. The Bertz CT molecular complexity index is 1620. The van der Waals surface area contributed by atoms with Crippen molar-refractivity contribution in [3.05, 3.63) is 94.0 Å². The third-order valence-electron chi connectivity index (χ3n) is 7.33. The molecule has 0 aliphatic carbocycles. The lowest BCUT2D eigenvalue weighted by atomic mass is 10.0. The van der Waals surface area contributed by atoms with Crippen LogP contribution in [0.1, 0.15) is 60.7 Å². The molecular formula is C34H34ClF6N3O5. The molecule has 1 fully saturated rings. The number of benzene rings is 3. The normalized spacial score (nSPS) is 14.9. The lowest BCUT2D eigenvalue weighted by Crippen LogP contribution is -2.45. The van der Waals surface area contributed by atoms with Crippen molar-refractivity contribution in [2.75, 3.05) is 18.4 Å². The molecule has 1 saturated heterocycles. The maximum atomic E-state index is 13.7. The minimum atomic E-state index is -5.13. The zero-order valence-electron chi connectivity index (χ0n) is 26.7. The third kappa shape index (κ3) is 10.8. The summed E-state index contributed by atoms with van der Waals surface area (Å²) in [6.07, 6.45) is -10.5. The van der Waals surface area contributed by atoms with Gasteiger partial charge in [-0.1, -0.05) is 41.9 Å². The summed E-state index contributed by atoms with van der Waals surface area (Å²) >= 11 is 6.19. The largest absolute Gasteiger partial charge is 0.489 e. The van der Waals surface area contributed by atoms with Gasteiger partial charge in [0.2, 0.25) is 5.91 Å². The number of carbonyl (C=O) groups excluding carboxylic acids is 3. The van der Waals surface area contributed by atoms with Crippen molar-refractivity contribution in [1.29, 1.82) is 0 Å². The number of hydrogen-bond donors (Lipinski definition) is 2. The second-order valence-corrected chi connectivity index (χ2v) is 12.9. The van der Waals surface area contributed by atoms with E-state index in [1.807, 2.05) is 0 Å². The fourth-order valence-corrected chi connectivity index (χ4v) is 5.17. The van der Waals surface area contributed by atoms with Crippen LogP contribution in [-0.4, -0.2) is 53.6 Å².